The second kappa shape index (κ2) is 13.8. The summed E-state index contributed by atoms with van der Waals surface area (Å²) in [5, 5.41) is 8.56. The fourth-order valence-corrected chi connectivity index (χ4v) is 3.30. The lowest BCUT2D eigenvalue weighted by molar-refractivity contribution is 0.0946. The smallest absolute Gasteiger partial charge is 0.261 e. The third-order valence-electron chi connectivity index (χ3n) is 4.36. The Morgan fingerprint density at radius 2 is 1.88 bits per heavy atom. The lowest BCUT2D eigenvalue weighted by Crippen LogP contribution is -2.34. The van der Waals surface area contributed by atoms with Gasteiger partial charge in [-0.15, -0.1) is 0 Å². The van der Waals surface area contributed by atoms with Gasteiger partial charge in [-0.25, -0.2) is 0 Å². The van der Waals surface area contributed by atoms with Crippen molar-refractivity contribution in [3.05, 3.63) is 58.1 Å². The lowest BCUT2D eigenvalue weighted by atomic mass is 10.2. The molecule has 0 aliphatic heterocycles. The van der Waals surface area contributed by atoms with Crippen molar-refractivity contribution in [1.29, 1.82) is 0 Å². The van der Waals surface area contributed by atoms with Crippen LogP contribution < -0.4 is 20.7 Å². The molecular weight excluding hydrogens is 494 g/mol. The number of benzene rings is 2. The van der Waals surface area contributed by atoms with Crippen molar-refractivity contribution < 1.29 is 19.1 Å². The van der Waals surface area contributed by atoms with Gasteiger partial charge in [0.15, 0.2) is 5.11 Å². The molecule has 2 aromatic carbocycles. The first-order valence-corrected chi connectivity index (χ1v) is 11.6. The number of halogens is 1. The highest BCUT2D eigenvalue weighted by Gasteiger charge is 2.15. The number of carbonyl (C=O) groups is 2. The first kappa shape index (κ1) is 25.8. The number of nitrogens with one attached hydrogen (secondary N) is 3. The Hall–Kier alpha value is -2.49. The zero-order chi connectivity index (χ0) is 23.3. The standard InChI is InChI=1S/C23H28BrN3O4S/c1-3-4-13-31-20-10-9-17(24)15-19(20)22(29)27-23(32)26-18-8-5-7-16(14-18)21(28)25-11-6-12-30-2/h5,7-10,14-15H,3-4,6,11-13H2,1-2H3,(H,25,28)(H2,26,27,29,32). The molecule has 0 bridgehead atoms. The number of thiocarbonyl (C=S) groups is 1. The second-order valence-electron chi connectivity index (χ2n) is 6.93. The second-order valence-corrected chi connectivity index (χ2v) is 8.26. The first-order valence-electron chi connectivity index (χ1n) is 10.4. The highest BCUT2D eigenvalue weighted by atomic mass is 79.9. The number of ether oxygens (including phenoxy) is 2. The third-order valence-corrected chi connectivity index (χ3v) is 5.06. The Balaban J connectivity index is 1.98. The van der Waals surface area contributed by atoms with Gasteiger partial charge in [0.05, 0.1) is 12.2 Å². The number of hydrogen-bond acceptors (Lipinski definition) is 5. The van der Waals surface area contributed by atoms with E-state index in [4.69, 9.17) is 21.7 Å². The number of amides is 2. The van der Waals surface area contributed by atoms with Crippen LogP contribution in [0.4, 0.5) is 5.69 Å². The van der Waals surface area contributed by atoms with E-state index in [0.717, 1.165) is 23.7 Å². The maximum absolute atomic E-state index is 12.8. The number of hydrogen-bond donors (Lipinski definition) is 3. The van der Waals surface area contributed by atoms with Crippen LogP contribution >= 0.6 is 28.1 Å². The van der Waals surface area contributed by atoms with Crippen LogP contribution in [0.25, 0.3) is 0 Å². The van der Waals surface area contributed by atoms with E-state index in [1.54, 1.807) is 43.5 Å². The molecular formula is C23H28BrN3O4S. The van der Waals surface area contributed by atoms with Crippen LogP contribution in [0.15, 0.2) is 46.9 Å². The van der Waals surface area contributed by atoms with Crippen LogP contribution in [0.2, 0.25) is 0 Å². The van der Waals surface area contributed by atoms with Crippen molar-refractivity contribution in [2.45, 2.75) is 26.2 Å². The van der Waals surface area contributed by atoms with Crippen LogP contribution in [0, 0.1) is 0 Å². The summed E-state index contributed by atoms with van der Waals surface area (Å²) in [5.41, 5.74) is 1.46. The topological polar surface area (TPSA) is 88.7 Å². The van der Waals surface area contributed by atoms with Crippen LogP contribution in [0.1, 0.15) is 46.9 Å². The zero-order valence-corrected chi connectivity index (χ0v) is 20.6. The molecule has 0 aliphatic rings. The summed E-state index contributed by atoms with van der Waals surface area (Å²) in [6.07, 6.45) is 2.62. The van der Waals surface area contributed by atoms with Gasteiger partial charge in [0.25, 0.3) is 11.8 Å². The molecule has 0 atom stereocenters. The highest BCUT2D eigenvalue weighted by molar-refractivity contribution is 9.10. The van der Waals surface area contributed by atoms with E-state index >= 15 is 0 Å². The molecule has 3 N–H and O–H groups in total. The minimum absolute atomic E-state index is 0.118. The summed E-state index contributed by atoms with van der Waals surface area (Å²) in [4.78, 5) is 25.1. The van der Waals surface area contributed by atoms with Gasteiger partial charge >= 0.3 is 0 Å². The molecule has 0 heterocycles. The number of carbonyl (C=O) groups excluding carboxylic acids is 2. The molecule has 9 heteroatoms. The van der Waals surface area contributed by atoms with Gasteiger partial charge in [-0.3, -0.25) is 14.9 Å². The molecule has 0 aromatic heterocycles. The minimum Gasteiger partial charge on any atom is -0.493 e. The van der Waals surface area contributed by atoms with Gasteiger partial charge in [0.1, 0.15) is 5.75 Å². The van der Waals surface area contributed by atoms with Gasteiger partial charge in [-0.05, 0) is 61.5 Å². The van der Waals surface area contributed by atoms with E-state index in [0.29, 0.717) is 42.3 Å². The van der Waals surface area contributed by atoms with Crippen molar-refractivity contribution in [2.75, 3.05) is 32.2 Å². The number of methoxy groups -OCH3 is 1. The summed E-state index contributed by atoms with van der Waals surface area (Å²) in [6, 6.07) is 12.1. The molecule has 2 aromatic rings. The predicted octanol–water partition coefficient (Wildman–Crippen LogP) is 4.52. The fourth-order valence-electron chi connectivity index (χ4n) is 2.72. The molecule has 0 spiro atoms. The summed E-state index contributed by atoms with van der Waals surface area (Å²) in [5.74, 6) is -0.0841. The number of unbranched alkanes of at least 4 members (excludes halogenated alkanes) is 1. The minimum atomic E-state index is -0.387. The Bertz CT molecular complexity index is 939. The van der Waals surface area contributed by atoms with Crippen LogP contribution in [0.5, 0.6) is 5.75 Å². The molecule has 0 saturated carbocycles. The first-order chi connectivity index (χ1) is 15.4. The van der Waals surface area contributed by atoms with E-state index in [-0.39, 0.29) is 16.9 Å². The van der Waals surface area contributed by atoms with Crippen molar-refractivity contribution in [3.8, 4) is 5.75 Å². The van der Waals surface area contributed by atoms with Crippen molar-refractivity contribution in [2.24, 2.45) is 0 Å². The van der Waals surface area contributed by atoms with Gasteiger partial charge in [0, 0.05) is 36.0 Å². The predicted molar refractivity (Wildman–Crippen MR) is 134 cm³/mol. The Kier molecular flexibility index (Phi) is 11.1. The van der Waals surface area contributed by atoms with Crippen LogP contribution in [0.3, 0.4) is 0 Å². The Morgan fingerprint density at radius 1 is 1.06 bits per heavy atom. The van der Waals surface area contributed by atoms with Crippen molar-refractivity contribution >= 4 is 50.8 Å². The summed E-state index contributed by atoms with van der Waals surface area (Å²) in [7, 11) is 1.62. The average molecular weight is 522 g/mol. The van der Waals surface area contributed by atoms with Crippen molar-refractivity contribution in [1.82, 2.24) is 10.6 Å². The SMILES string of the molecule is CCCCOc1ccc(Br)cc1C(=O)NC(=S)Nc1cccc(C(=O)NCCCOC)c1. The monoisotopic (exact) mass is 521 g/mol. The number of anilines is 1. The largest absolute Gasteiger partial charge is 0.493 e. The molecule has 0 unspecified atom stereocenters. The molecule has 0 radical (unpaired) electrons. The highest BCUT2D eigenvalue weighted by Crippen LogP contribution is 2.23. The van der Waals surface area contributed by atoms with Gasteiger partial charge in [-0.1, -0.05) is 35.3 Å². The molecule has 2 amide bonds. The van der Waals surface area contributed by atoms with Gasteiger partial charge < -0.3 is 20.1 Å². The Labute approximate surface area is 202 Å². The fraction of sp³-hybridized carbons (Fsp3) is 0.348. The maximum atomic E-state index is 12.8. The van der Waals surface area contributed by atoms with E-state index in [2.05, 4.69) is 38.8 Å². The molecule has 2 rings (SSSR count). The average Bonchev–Trinajstić information content (AvgIpc) is 2.77. The van der Waals surface area contributed by atoms with E-state index in [9.17, 15) is 9.59 Å². The quantitative estimate of drug-likeness (QED) is 0.297. The number of rotatable bonds is 11. The van der Waals surface area contributed by atoms with Crippen LogP contribution in [-0.2, 0) is 4.74 Å². The van der Waals surface area contributed by atoms with Gasteiger partial charge in [-0.2, -0.15) is 0 Å². The summed E-state index contributed by atoms with van der Waals surface area (Å²) < 4.78 is 11.5. The molecule has 7 nitrogen and oxygen atoms in total. The summed E-state index contributed by atoms with van der Waals surface area (Å²) in [6.45, 7) is 3.71. The third kappa shape index (κ3) is 8.57. The van der Waals surface area contributed by atoms with E-state index in [1.165, 1.54) is 0 Å². The molecule has 0 fully saturated rings. The molecule has 0 saturated heterocycles. The normalized spacial score (nSPS) is 10.3. The molecule has 0 aliphatic carbocycles. The molecule has 32 heavy (non-hydrogen) atoms. The van der Waals surface area contributed by atoms with Crippen molar-refractivity contribution in [3.63, 3.8) is 0 Å². The summed E-state index contributed by atoms with van der Waals surface area (Å²) >= 11 is 8.68. The Morgan fingerprint density at radius 3 is 2.62 bits per heavy atom. The molecule has 172 valence electrons. The zero-order valence-electron chi connectivity index (χ0n) is 18.2. The van der Waals surface area contributed by atoms with Gasteiger partial charge in [0.2, 0.25) is 0 Å². The lowest BCUT2D eigenvalue weighted by Gasteiger charge is -2.14. The maximum Gasteiger partial charge on any atom is 0.261 e. The van der Waals surface area contributed by atoms with E-state index < -0.39 is 0 Å². The van der Waals surface area contributed by atoms with E-state index in [1.807, 2.05) is 6.07 Å². The van der Waals surface area contributed by atoms with Crippen LogP contribution in [-0.4, -0.2) is 43.8 Å².